The summed E-state index contributed by atoms with van der Waals surface area (Å²) < 4.78 is 51.7. The van der Waals surface area contributed by atoms with Gasteiger partial charge in [0.05, 0.1) is 11.3 Å². The number of hydrogen-bond acceptors (Lipinski definition) is 1. The monoisotopic (exact) mass is 353 g/mol. The van der Waals surface area contributed by atoms with Crippen molar-refractivity contribution in [2.24, 2.45) is 0 Å². The smallest absolute Gasteiger partial charge is 0.366 e. The van der Waals surface area contributed by atoms with Gasteiger partial charge in [-0.3, -0.25) is 0 Å². The molecule has 0 N–H and O–H groups in total. The topological polar surface area (TPSA) is 3.24 Å². The van der Waals surface area contributed by atoms with Crippen molar-refractivity contribution in [3.63, 3.8) is 0 Å². The van der Waals surface area contributed by atoms with E-state index in [4.69, 9.17) is 0 Å². The van der Waals surface area contributed by atoms with Crippen LogP contribution in [0.4, 0.5) is 23.2 Å². The number of halogens is 5. The van der Waals surface area contributed by atoms with Gasteiger partial charge in [-0.1, -0.05) is 15.9 Å². The Bertz CT molecular complexity index is 457. The third-order valence-electron chi connectivity index (χ3n) is 3.63. The molecule has 0 radical (unpaired) electrons. The number of rotatable bonds is 5. The second-order valence-electron chi connectivity index (χ2n) is 4.98. The highest BCUT2D eigenvalue weighted by Gasteiger charge is 2.32. The van der Waals surface area contributed by atoms with Crippen LogP contribution in [0.5, 0.6) is 0 Å². The Morgan fingerprint density at radius 1 is 1.25 bits per heavy atom. The fourth-order valence-corrected chi connectivity index (χ4v) is 2.60. The molecule has 0 atom stereocenters. The van der Waals surface area contributed by atoms with Gasteiger partial charge in [-0.05, 0) is 43.9 Å². The Hall–Kier alpha value is -0.780. The van der Waals surface area contributed by atoms with Gasteiger partial charge in [-0.25, -0.2) is 4.39 Å². The molecule has 0 aliphatic heterocycles. The van der Waals surface area contributed by atoms with Gasteiger partial charge >= 0.3 is 6.18 Å². The predicted octanol–water partition coefficient (Wildman–Crippen LogP) is 4.99. The summed E-state index contributed by atoms with van der Waals surface area (Å²) in [6.45, 7) is 0.651. The van der Waals surface area contributed by atoms with E-state index < -0.39 is 17.6 Å². The van der Waals surface area contributed by atoms with Crippen LogP contribution in [-0.4, -0.2) is 17.9 Å². The predicted molar refractivity (Wildman–Crippen MR) is 74.8 cm³/mol. The first-order chi connectivity index (χ1) is 9.43. The number of alkyl halides is 4. The molecule has 1 saturated carbocycles. The van der Waals surface area contributed by atoms with E-state index in [1.54, 1.807) is 0 Å². The maximum atomic E-state index is 14.0. The van der Waals surface area contributed by atoms with Crippen LogP contribution in [0.2, 0.25) is 0 Å². The maximum absolute atomic E-state index is 14.0. The average Bonchev–Trinajstić information content (AvgIpc) is 2.31. The lowest BCUT2D eigenvalue weighted by Crippen LogP contribution is -2.41. The van der Waals surface area contributed by atoms with Gasteiger partial charge in [0, 0.05) is 17.9 Å². The van der Waals surface area contributed by atoms with Crippen molar-refractivity contribution in [3.8, 4) is 0 Å². The fourth-order valence-electron chi connectivity index (χ4n) is 2.34. The molecule has 20 heavy (non-hydrogen) atoms. The zero-order valence-electron chi connectivity index (χ0n) is 10.9. The van der Waals surface area contributed by atoms with Crippen molar-refractivity contribution in [1.29, 1.82) is 0 Å². The summed E-state index contributed by atoms with van der Waals surface area (Å²) in [5, 5.41) is 0.790. The van der Waals surface area contributed by atoms with Gasteiger partial charge in [-0.2, -0.15) is 13.2 Å². The third-order valence-corrected chi connectivity index (χ3v) is 4.19. The van der Waals surface area contributed by atoms with Crippen LogP contribution in [-0.2, 0) is 6.18 Å². The lowest BCUT2D eigenvalue weighted by atomic mass is 9.90. The molecule has 0 unspecified atom stereocenters. The molecule has 0 amide bonds. The SMILES string of the molecule is Fc1cc(C(F)(F)F)ccc1N(CCCBr)C1CCC1. The first-order valence-electron chi connectivity index (χ1n) is 6.63. The molecular weight excluding hydrogens is 338 g/mol. The summed E-state index contributed by atoms with van der Waals surface area (Å²) in [6.07, 6.45) is -0.628. The van der Waals surface area contributed by atoms with Gasteiger partial charge < -0.3 is 4.90 Å². The second kappa shape index (κ2) is 6.33. The molecule has 0 heterocycles. The molecule has 0 spiro atoms. The van der Waals surface area contributed by atoms with Gasteiger partial charge in [0.15, 0.2) is 0 Å². The first-order valence-corrected chi connectivity index (χ1v) is 7.75. The van der Waals surface area contributed by atoms with Crippen molar-refractivity contribution >= 4 is 21.6 Å². The summed E-state index contributed by atoms with van der Waals surface area (Å²) in [5.41, 5.74) is -0.656. The van der Waals surface area contributed by atoms with Crippen molar-refractivity contribution in [3.05, 3.63) is 29.6 Å². The fraction of sp³-hybridized carbons (Fsp3) is 0.571. The van der Waals surface area contributed by atoms with E-state index in [1.165, 1.54) is 6.07 Å². The minimum absolute atomic E-state index is 0.250. The van der Waals surface area contributed by atoms with Crippen molar-refractivity contribution in [1.82, 2.24) is 0 Å². The van der Waals surface area contributed by atoms with Crippen LogP contribution < -0.4 is 4.90 Å². The molecule has 6 heteroatoms. The minimum atomic E-state index is -4.50. The highest BCUT2D eigenvalue weighted by Crippen LogP contribution is 2.35. The molecule has 0 saturated heterocycles. The van der Waals surface area contributed by atoms with Crippen molar-refractivity contribution in [2.45, 2.75) is 37.9 Å². The second-order valence-corrected chi connectivity index (χ2v) is 5.78. The average molecular weight is 354 g/mol. The summed E-state index contributed by atoms with van der Waals surface area (Å²) in [7, 11) is 0. The highest BCUT2D eigenvalue weighted by molar-refractivity contribution is 9.09. The van der Waals surface area contributed by atoms with Crippen LogP contribution in [0.3, 0.4) is 0 Å². The van der Waals surface area contributed by atoms with E-state index in [0.29, 0.717) is 12.6 Å². The van der Waals surface area contributed by atoms with Crippen LogP contribution >= 0.6 is 15.9 Å². The molecule has 1 aliphatic rings. The molecule has 1 nitrogen and oxygen atoms in total. The number of hydrogen-bond donors (Lipinski definition) is 0. The maximum Gasteiger partial charge on any atom is 0.416 e. The normalized spacial score (nSPS) is 16.1. The lowest BCUT2D eigenvalue weighted by Gasteiger charge is -2.39. The van der Waals surface area contributed by atoms with Gasteiger partial charge in [0.25, 0.3) is 0 Å². The molecule has 1 aliphatic carbocycles. The Morgan fingerprint density at radius 2 is 1.95 bits per heavy atom. The Kier molecular flexibility index (Phi) is 4.94. The molecule has 0 bridgehead atoms. The summed E-state index contributed by atoms with van der Waals surface area (Å²) in [4.78, 5) is 1.90. The molecule has 1 fully saturated rings. The Labute approximate surface area is 124 Å². The Morgan fingerprint density at radius 3 is 2.40 bits per heavy atom. The van der Waals surface area contributed by atoms with E-state index in [9.17, 15) is 17.6 Å². The van der Waals surface area contributed by atoms with Crippen molar-refractivity contribution in [2.75, 3.05) is 16.8 Å². The summed E-state index contributed by atoms with van der Waals surface area (Å²) >= 11 is 3.33. The van der Waals surface area contributed by atoms with E-state index in [-0.39, 0.29) is 11.7 Å². The standard InChI is InChI=1S/C14H16BrF4N/c15-7-2-8-20(11-3-1-4-11)13-6-5-10(9-12(13)16)14(17,18)19/h5-6,9,11H,1-4,7-8H2. The third kappa shape index (κ3) is 3.45. The van der Waals surface area contributed by atoms with Crippen LogP contribution in [0.1, 0.15) is 31.2 Å². The summed E-state index contributed by atoms with van der Waals surface area (Å²) in [5.74, 6) is -0.790. The lowest BCUT2D eigenvalue weighted by molar-refractivity contribution is -0.137. The van der Waals surface area contributed by atoms with Gasteiger partial charge in [-0.15, -0.1) is 0 Å². The molecular formula is C14H16BrF4N. The number of benzene rings is 1. The van der Waals surface area contributed by atoms with Crippen LogP contribution in [0.15, 0.2) is 18.2 Å². The highest BCUT2D eigenvalue weighted by atomic mass is 79.9. The molecule has 112 valence electrons. The zero-order chi connectivity index (χ0) is 14.8. The van der Waals surface area contributed by atoms with Gasteiger partial charge in [0.2, 0.25) is 0 Å². The Balaban J connectivity index is 2.24. The molecule has 1 aromatic carbocycles. The largest absolute Gasteiger partial charge is 0.416 e. The minimum Gasteiger partial charge on any atom is -0.366 e. The van der Waals surface area contributed by atoms with E-state index in [1.807, 2.05) is 4.90 Å². The zero-order valence-corrected chi connectivity index (χ0v) is 12.5. The molecule has 0 aromatic heterocycles. The van der Waals surface area contributed by atoms with E-state index in [2.05, 4.69) is 15.9 Å². The van der Waals surface area contributed by atoms with E-state index in [0.717, 1.165) is 37.1 Å². The number of anilines is 1. The molecule has 2 rings (SSSR count). The first kappa shape index (κ1) is 15.6. The van der Waals surface area contributed by atoms with Crippen molar-refractivity contribution < 1.29 is 17.6 Å². The van der Waals surface area contributed by atoms with Gasteiger partial charge in [0.1, 0.15) is 5.82 Å². The van der Waals surface area contributed by atoms with Crippen LogP contribution in [0.25, 0.3) is 0 Å². The molecule has 1 aromatic rings. The summed E-state index contributed by atoms with van der Waals surface area (Å²) in [6, 6.07) is 3.05. The van der Waals surface area contributed by atoms with Crippen LogP contribution in [0, 0.1) is 5.82 Å². The van der Waals surface area contributed by atoms with E-state index >= 15 is 0 Å². The quantitative estimate of drug-likeness (QED) is 0.532. The number of nitrogens with zero attached hydrogens (tertiary/aromatic N) is 1.